The van der Waals surface area contributed by atoms with Gasteiger partial charge in [-0.25, -0.2) is 4.90 Å². The van der Waals surface area contributed by atoms with E-state index in [4.69, 9.17) is 9.47 Å². The van der Waals surface area contributed by atoms with Gasteiger partial charge in [-0.05, 0) is 36.4 Å². The molecule has 1 unspecified atom stereocenters. The van der Waals surface area contributed by atoms with Crippen LogP contribution in [0.2, 0.25) is 0 Å². The normalized spacial score (nSPS) is 20.3. The van der Waals surface area contributed by atoms with Crippen LogP contribution in [0.5, 0.6) is 11.5 Å². The smallest absolute Gasteiger partial charge is 0.251 e. The number of nitrogens with zero attached hydrogens (tertiary/aromatic N) is 3. The Kier molecular flexibility index (Phi) is 5.40. The van der Waals surface area contributed by atoms with Crippen LogP contribution in [0.3, 0.4) is 0 Å². The Morgan fingerprint density at radius 1 is 0.828 bits per heavy atom. The molecule has 2 heterocycles. The van der Waals surface area contributed by atoms with Gasteiger partial charge in [0.1, 0.15) is 11.5 Å². The van der Waals surface area contributed by atoms with E-state index in [-0.39, 0.29) is 18.2 Å². The monoisotopic (exact) mass is 395 g/mol. The highest BCUT2D eigenvalue weighted by molar-refractivity contribution is 6.22. The van der Waals surface area contributed by atoms with Gasteiger partial charge in [0.2, 0.25) is 5.91 Å². The van der Waals surface area contributed by atoms with Crippen molar-refractivity contribution in [2.24, 2.45) is 0 Å². The van der Waals surface area contributed by atoms with Crippen LogP contribution in [0.1, 0.15) is 6.42 Å². The lowest BCUT2D eigenvalue weighted by atomic mass is 10.1. The lowest BCUT2D eigenvalue weighted by Crippen LogP contribution is -2.52. The summed E-state index contributed by atoms with van der Waals surface area (Å²) in [7, 11) is 3.25. The van der Waals surface area contributed by atoms with E-state index in [0.717, 1.165) is 37.6 Å². The number of hydrogen-bond acceptors (Lipinski definition) is 6. The van der Waals surface area contributed by atoms with Gasteiger partial charge in [0.25, 0.3) is 5.91 Å². The van der Waals surface area contributed by atoms with E-state index < -0.39 is 6.04 Å². The van der Waals surface area contributed by atoms with E-state index in [1.165, 1.54) is 4.90 Å². The summed E-state index contributed by atoms with van der Waals surface area (Å²) in [5.74, 6) is 1.23. The van der Waals surface area contributed by atoms with E-state index >= 15 is 0 Å². The molecule has 7 heteroatoms. The average Bonchev–Trinajstić information content (AvgIpc) is 3.08. The van der Waals surface area contributed by atoms with Gasteiger partial charge in [-0.1, -0.05) is 6.07 Å². The third-order valence-corrected chi connectivity index (χ3v) is 5.63. The first-order valence-electron chi connectivity index (χ1n) is 9.74. The van der Waals surface area contributed by atoms with Crippen molar-refractivity contribution in [1.29, 1.82) is 0 Å². The number of carbonyl (C=O) groups excluding carboxylic acids is 2. The number of hydrogen-bond donors (Lipinski definition) is 0. The summed E-state index contributed by atoms with van der Waals surface area (Å²) in [6.07, 6.45) is 0.226. The highest BCUT2D eigenvalue weighted by Gasteiger charge is 2.43. The molecule has 2 amide bonds. The summed E-state index contributed by atoms with van der Waals surface area (Å²) in [5.41, 5.74) is 1.70. The molecule has 2 aliphatic rings. The maximum absolute atomic E-state index is 13.0. The fourth-order valence-corrected chi connectivity index (χ4v) is 4.00. The van der Waals surface area contributed by atoms with Gasteiger partial charge >= 0.3 is 0 Å². The number of imide groups is 1. The summed E-state index contributed by atoms with van der Waals surface area (Å²) < 4.78 is 10.5. The number of benzene rings is 2. The van der Waals surface area contributed by atoms with Gasteiger partial charge in [0.15, 0.2) is 0 Å². The summed E-state index contributed by atoms with van der Waals surface area (Å²) in [6, 6.07) is 14.6. The fourth-order valence-electron chi connectivity index (χ4n) is 4.00. The Bertz CT molecular complexity index is 891. The molecule has 7 nitrogen and oxygen atoms in total. The number of rotatable bonds is 5. The first-order valence-corrected chi connectivity index (χ1v) is 9.74. The highest BCUT2D eigenvalue weighted by Crippen LogP contribution is 2.29. The van der Waals surface area contributed by atoms with Gasteiger partial charge in [-0.15, -0.1) is 0 Å². The minimum atomic E-state index is -0.392. The lowest BCUT2D eigenvalue weighted by molar-refractivity contribution is -0.123. The molecule has 1 atom stereocenters. The van der Waals surface area contributed by atoms with Crippen LogP contribution in [0.25, 0.3) is 0 Å². The molecule has 2 aromatic rings. The number of anilines is 2. The van der Waals surface area contributed by atoms with Crippen molar-refractivity contribution in [2.75, 3.05) is 50.2 Å². The highest BCUT2D eigenvalue weighted by atomic mass is 16.5. The van der Waals surface area contributed by atoms with E-state index in [1.807, 2.05) is 18.2 Å². The van der Waals surface area contributed by atoms with Gasteiger partial charge in [0.05, 0.1) is 32.4 Å². The summed E-state index contributed by atoms with van der Waals surface area (Å²) in [5, 5.41) is 0. The second kappa shape index (κ2) is 8.13. The standard InChI is InChI=1S/C22H25N3O4/c1-28-18-8-6-16(7-9-18)25-21(26)15-20(22(25)27)24-12-10-23(11-13-24)17-4-3-5-19(14-17)29-2/h3-9,14,20H,10-13,15H2,1-2H3. The Hall–Kier alpha value is -3.06. The molecule has 29 heavy (non-hydrogen) atoms. The molecule has 0 radical (unpaired) electrons. The minimum absolute atomic E-state index is 0.144. The fraction of sp³-hybridized carbons (Fsp3) is 0.364. The molecule has 0 bridgehead atoms. The molecule has 0 N–H and O–H groups in total. The van der Waals surface area contributed by atoms with Gasteiger partial charge in [0, 0.05) is 37.9 Å². The van der Waals surface area contributed by atoms with Crippen LogP contribution in [-0.2, 0) is 9.59 Å². The molecule has 2 fully saturated rings. The van der Waals surface area contributed by atoms with Crippen molar-refractivity contribution in [3.8, 4) is 11.5 Å². The van der Waals surface area contributed by atoms with Crippen LogP contribution in [0.4, 0.5) is 11.4 Å². The van der Waals surface area contributed by atoms with E-state index in [2.05, 4.69) is 15.9 Å². The van der Waals surface area contributed by atoms with Gasteiger partial charge in [-0.2, -0.15) is 0 Å². The second-order valence-electron chi connectivity index (χ2n) is 7.21. The molecule has 0 saturated carbocycles. The first kappa shape index (κ1) is 19.3. The SMILES string of the molecule is COc1ccc(N2C(=O)CC(N3CCN(c4cccc(OC)c4)CC3)C2=O)cc1. The average molecular weight is 395 g/mol. The van der Waals surface area contributed by atoms with E-state index in [0.29, 0.717) is 11.4 Å². The largest absolute Gasteiger partial charge is 0.497 e. The maximum Gasteiger partial charge on any atom is 0.251 e. The number of methoxy groups -OCH3 is 2. The Balaban J connectivity index is 1.42. The molecule has 152 valence electrons. The minimum Gasteiger partial charge on any atom is -0.497 e. The molecule has 0 aromatic heterocycles. The summed E-state index contributed by atoms with van der Waals surface area (Å²) in [6.45, 7) is 3.07. The topological polar surface area (TPSA) is 62.3 Å². The first-order chi connectivity index (χ1) is 14.1. The van der Waals surface area contributed by atoms with Gasteiger partial charge < -0.3 is 14.4 Å². The quantitative estimate of drug-likeness (QED) is 0.723. The zero-order chi connectivity index (χ0) is 20.4. The van der Waals surface area contributed by atoms with Gasteiger partial charge in [-0.3, -0.25) is 14.5 Å². The number of ether oxygens (including phenoxy) is 2. The second-order valence-corrected chi connectivity index (χ2v) is 7.21. The number of piperazine rings is 1. The summed E-state index contributed by atoms with van der Waals surface area (Å²) >= 11 is 0. The molecule has 2 aliphatic heterocycles. The van der Waals surface area contributed by atoms with Crippen LogP contribution in [0.15, 0.2) is 48.5 Å². The number of carbonyl (C=O) groups is 2. The third kappa shape index (κ3) is 3.78. The van der Waals surface area contributed by atoms with Crippen molar-refractivity contribution in [3.63, 3.8) is 0 Å². The Labute approximate surface area is 170 Å². The Morgan fingerprint density at radius 2 is 1.52 bits per heavy atom. The van der Waals surface area contributed by atoms with Crippen molar-refractivity contribution in [2.45, 2.75) is 12.5 Å². The third-order valence-electron chi connectivity index (χ3n) is 5.63. The molecular weight excluding hydrogens is 370 g/mol. The molecule has 4 rings (SSSR count). The zero-order valence-corrected chi connectivity index (χ0v) is 16.7. The molecular formula is C22H25N3O4. The lowest BCUT2D eigenvalue weighted by Gasteiger charge is -2.38. The van der Waals surface area contributed by atoms with Crippen LogP contribution >= 0.6 is 0 Å². The number of amides is 2. The predicted octanol–water partition coefficient (Wildman–Crippen LogP) is 2.16. The van der Waals surface area contributed by atoms with Crippen molar-refractivity contribution < 1.29 is 19.1 Å². The van der Waals surface area contributed by atoms with Crippen molar-refractivity contribution in [3.05, 3.63) is 48.5 Å². The zero-order valence-electron chi connectivity index (χ0n) is 16.7. The predicted molar refractivity (Wildman–Crippen MR) is 111 cm³/mol. The van der Waals surface area contributed by atoms with Crippen molar-refractivity contribution in [1.82, 2.24) is 4.90 Å². The Morgan fingerprint density at radius 3 is 2.17 bits per heavy atom. The maximum atomic E-state index is 13.0. The molecule has 0 aliphatic carbocycles. The molecule has 0 spiro atoms. The van der Waals surface area contributed by atoms with Crippen LogP contribution < -0.4 is 19.3 Å². The van der Waals surface area contributed by atoms with Crippen molar-refractivity contribution >= 4 is 23.2 Å². The molecule has 2 aromatic carbocycles. The molecule has 2 saturated heterocycles. The van der Waals surface area contributed by atoms with Crippen LogP contribution in [-0.4, -0.2) is 63.2 Å². The van der Waals surface area contributed by atoms with Crippen LogP contribution in [0, 0.1) is 0 Å². The van der Waals surface area contributed by atoms with E-state index in [9.17, 15) is 9.59 Å². The van der Waals surface area contributed by atoms with E-state index in [1.54, 1.807) is 38.5 Å². The summed E-state index contributed by atoms with van der Waals surface area (Å²) in [4.78, 5) is 31.3.